The number of hydrogen-bond acceptors (Lipinski definition) is 5. The topological polar surface area (TPSA) is 64.8 Å². The summed E-state index contributed by atoms with van der Waals surface area (Å²) in [7, 11) is 0. The van der Waals surface area contributed by atoms with E-state index in [-0.39, 0.29) is 6.61 Å². The van der Waals surface area contributed by atoms with E-state index in [2.05, 4.69) is 47.4 Å². The van der Waals surface area contributed by atoms with Gasteiger partial charge in [-0.25, -0.2) is 0 Å². The number of benzene rings is 3. The Morgan fingerprint density at radius 3 is 2.54 bits per heavy atom. The highest BCUT2D eigenvalue weighted by atomic mass is 16.5. The number of hydrogen-bond donors (Lipinski definition) is 1. The van der Waals surface area contributed by atoms with E-state index < -0.39 is 0 Å². The van der Waals surface area contributed by atoms with Crippen LogP contribution in [0.3, 0.4) is 0 Å². The molecule has 5 nitrogen and oxygen atoms in total. The molecule has 1 aliphatic heterocycles. The summed E-state index contributed by atoms with van der Waals surface area (Å²) in [5.41, 5.74) is 13.1. The number of para-hydroxylation sites is 1. The predicted octanol–water partition coefficient (Wildman–Crippen LogP) is 5.83. The van der Waals surface area contributed by atoms with Crippen molar-refractivity contribution in [3.63, 3.8) is 0 Å². The fourth-order valence-corrected chi connectivity index (χ4v) is 5.72. The normalized spacial score (nSPS) is 16.5. The lowest BCUT2D eigenvalue weighted by molar-refractivity contribution is -0.129. The van der Waals surface area contributed by atoms with Gasteiger partial charge in [0.1, 0.15) is 19.0 Å². The second-order valence-corrected chi connectivity index (χ2v) is 9.97. The Kier molecular flexibility index (Phi) is 7.05. The molecular formula is C30H34N2O3. The van der Waals surface area contributed by atoms with E-state index in [0.717, 1.165) is 35.5 Å². The van der Waals surface area contributed by atoms with Crippen molar-refractivity contribution in [2.24, 2.45) is 11.1 Å². The van der Waals surface area contributed by atoms with Gasteiger partial charge in [-0.3, -0.25) is 4.79 Å². The van der Waals surface area contributed by atoms with Crippen molar-refractivity contribution < 1.29 is 14.3 Å². The maximum absolute atomic E-state index is 10.7. The smallest absolute Gasteiger partial charge is 0.293 e. The van der Waals surface area contributed by atoms with E-state index in [1.54, 1.807) is 0 Å². The molecule has 3 aromatic rings. The highest BCUT2D eigenvalue weighted by Crippen LogP contribution is 2.46. The Morgan fingerprint density at radius 2 is 1.71 bits per heavy atom. The molecule has 35 heavy (non-hydrogen) atoms. The first-order valence-corrected chi connectivity index (χ1v) is 12.6. The molecule has 0 amide bonds. The van der Waals surface area contributed by atoms with Crippen LogP contribution in [0.15, 0.2) is 66.7 Å². The third-order valence-electron chi connectivity index (χ3n) is 7.62. The lowest BCUT2D eigenvalue weighted by atomic mass is 9.86. The lowest BCUT2D eigenvalue weighted by Gasteiger charge is -2.25. The zero-order chi connectivity index (χ0) is 24.1. The van der Waals surface area contributed by atoms with Crippen LogP contribution in [0.1, 0.15) is 48.8 Å². The summed E-state index contributed by atoms with van der Waals surface area (Å²) in [5, 5.41) is 0. The summed E-state index contributed by atoms with van der Waals surface area (Å²) in [6, 6.07) is 23.0. The number of ether oxygens (including phenoxy) is 2. The maximum atomic E-state index is 10.7. The summed E-state index contributed by atoms with van der Waals surface area (Å²) in [6.45, 7) is 3.89. The van der Waals surface area contributed by atoms with E-state index in [0.29, 0.717) is 25.0 Å². The molecular weight excluding hydrogens is 436 g/mol. The zero-order valence-electron chi connectivity index (χ0n) is 20.2. The molecule has 1 heterocycles. The minimum Gasteiger partial charge on any atom is -0.488 e. The third kappa shape index (κ3) is 5.35. The number of rotatable bonds is 9. The number of anilines is 1. The molecule has 2 N–H and O–H groups in total. The van der Waals surface area contributed by atoms with Crippen LogP contribution in [-0.4, -0.2) is 19.6 Å². The van der Waals surface area contributed by atoms with Gasteiger partial charge in [0.25, 0.3) is 6.47 Å². The van der Waals surface area contributed by atoms with Gasteiger partial charge in [0, 0.05) is 30.9 Å². The van der Waals surface area contributed by atoms with Crippen molar-refractivity contribution in [1.29, 1.82) is 0 Å². The standard InChI is InChI=1S/C30H34N2O3/c31-18-23-6-5-8-25(14-23)27-15-24(19-35-29-9-2-1-7-26(29)20-34-22-33)16-28(17-27)32-13-12-30(21-32)10-3-4-11-30/h1-2,5-9,14-17,22H,3-4,10-13,18-21,31H2. The van der Waals surface area contributed by atoms with Crippen LogP contribution in [-0.2, 0) is 29.3 Å². The molecule has 5 rings (SSSR count). The Morgan fingerprint density at radius 1 is 0.886 bits per heavy atom. The molecule has 0 radical (unpaired) electrons. The first-order valence-electron chi connectivity index (χ1n) is 12.6. The third-order valence-corrected chi connectivity index (χ3v) is 7.62. The van der Waals surface area contributed by atoms with E-state index >= 15 is 0 Å². The van der Waals surface area contributed by atoms with Gasteiger partial charge < -0.3 is 20.1 Å². The van der Waals surface area contributed by atoms with Crippen molar-refractivity contribution >= 4 is 12.2 Å². The van der Waals surface area contributed by atoms with Crippen LogP contribution in [0.2, 0.25) is 0 Å². The van der Waals surface area contributed by atoms with Crippen LogP contribution in [0.25, 0.3) is 11.1 Å². The SMILES string of the molecule is NCc1cccc(-c2cc(COc3ccccc3COC=O)cc(N3CCC4(CCCC4)C3)c2)c1. The van der Waals surface area contributed by atoms with Crippen molar-refractivity contribution in [1.82, 2.24) is 0 Å². The summed E-state index contributed by atoms with van der Waals surface area (Å²) < 4.78 is 11.2. The van der Waals surface area contributed by atoms with Crippen molar-refractivity contribution in [3.05, 3.63) is 83.4 Å². The van der Waals surface area contributed by atoms with Crippen LogP contribution < -0.4 is 15.4 Å². The molecule has 5 heteroatoms. The molecule has 1 spiro atoms. The molecule has 0 unspecified atom stereocenters. The van der Waals surface area contributed by atoms with Gasteiger partial charge in [0.2, 0.25) is 0 Å². The Hall–Kier alpha value is -3.31. The first kappa shape index (κ1) is 23.4. The van der Waals surface area contributed by atoms with Crippen LogP contribution >= 0.6 is 0 Å². The number of carbonyl (C=O) groups is 1. The van der Waals surface area contributed by atoms with Gasteiger partial charge in [0.15, 0.2) is 0 Å². The Balaban J connectivity index is 1.44. The maximum Gasteiger partial charge on any atom is 0.293 e. The minimum atomic E-state index is 0.201. The summed E-state index contributed by atoms with van der Waals surface area (Å²) in [6.07, 6.45) is 6.74. The van der Waals surface area contributed by atoms with E-state index in [9.17, 15) is 4.79 Å². The second kappa shape index (κ2) is 10.5. The van der Waals surface area contributed by atoms with Crippen LogP contribution in [0, 0.1) is 5.41 Å². The molecule has 2 fully saturated rings. The molecule has 0 bridgehead atoms. The Bertz CT molecular complexity index is 1170. The molecule has 2 aliphatic rings. The number of nitrogens with two attached hydrogens (primary N) is 1. The molecule has 182 valence electrons. The monoisotopic (exact) mass is 470 g/mol. The van der Waals surface area contributed by atoms with Gasteiger partial charge in [0.05, 0.1) is 0 Å². The summed E-state index contributed by atoms with van der Waals surface area (Å²) in [4.78, 5) is 13.2. The highest BCUT2D eigenvalue weighted by Gasteiger charge is 2.40. The van der Waals surface area contributed by atoms with E-state index in [1.165, 1.54) is 48.9 Å². The molecule has 1 saturated heterocycles. The molecule has 1 saturated carbocycles. The lowest BCUT2D eigenvalue weighted by Crippen LogP contribution is -2.25. The molecule has 0 atom stereocenters. The number of carbonyl (C=O) groups excluding carboxylic acids is 1. The second-order valence-electron chi connectivity index (χ2n) is 9.97. The molecule has 0 aromatic heterocycles. The summed E-state index contributed by atoms with van der Waals surface area (Å²) in [5.74, 6) is 0.734. The summed E-state index contributed by atoms with van der Waals surface area (Å²) >= 11 is 0. The largest absolute Gasteiger partial charge is 0.488 e. The minimum absolute atomic E-state index is 0.201. The van der Waals surface area contributed by atoms with Crippen molar-refractivity contribution in [2.45, 2.75) is 51.9 Å². The van der Waals surface area contributed by atoms with Gasteiger partial charge in [-0.2, -0.15) is 0 Å². The molecule has 1 aliphatic carbocycles. The predicted molar refractivity (Wildman–Crippen MR) is 139 cm³/mol. The van der Waals surface area contributed by atoms with Crippen molar-refractivity contribution in [2.75, 3.05) is 18.0 Å². The fourth-order valence-electron chi connectivity index (χ4n) is 5.72. The average molecular weight is 471 g/mol. The van der Waals surface area contributed by atoms with Crippen LogP contribution in [0.4, 0.5) is 5.69 Å². The van der Waals surface area contributed by atoms with E-state index in [4.69, 9.17) is 15.2 Å². The quantitative estimate of drug-likeness (QED) is 0.398. The fraction of sp³-hybridized carbons (Fsp3) is 0.367. The Labute approximate surface area is 207 Å². The first-order chi connectivity index (χ1) is 17.2. The average Bonchev–Trinajstić information content (AvgIpc) is 3.56. The van der Waals surface area contributed by atoms with Gasteiger partial charge in [-0.1, -0.05) is 49.2 Å². The number of nitrogens with zero attached hydrogens (tertiary/aromatic N) is 1. The van der Waals surface area contributed by atoms with E-state index in [1.807, 2.05) is 24.3 Å². The van der Waals surface area contributed by atoms with Gasteiger partial charge in [-0.05, 0) is 77.3 Å². The van der Waals surface area contributed by atoms with Crippen LogP contribution in [0.5, 0.6) is 5.75 Å². The van der Waals surface area contributed by atoms with Crippen molar-refractivity contribution in [3.8, 4) is 16.9 Å². The zero-order valence-corrected chi connectivity index (χ0v) is 20.2. The highest BCUT2D eigenvalue weighted by molar-refractivity contribution is 5.70. The molecule has 3 aromatic carbocycles. The van der Waals surface area contributed by atoms with Gasteiger partial charge >= 0.3 is 0 Å². The van der Waals surface area contributed by atoms with Gasteiger partial charge in [-0.15, -0.1) is 0 Å².